The van der Waals surface area contributed by atoms with Crippen molar-refractivity contribution in [1.82, 2.24) is 19.9 Å². The average Bonchev–Trinajstić information content (AvgIpc) is 2.90. The molecule has 1 fully saturated rings. The van der Waals surface area contributed by atoms with Crippen molar-refractivity contribution in [2.75, 3.05) is 40.3 Å². The summed E-state index contributed by atoms with van der Waals surface area (Å²) in [5, 5.41) is 3.85. The van der Waals surface area contributed by atoms with Crippen LogP contribution in [0.15, 0.2) is 10.6 Å². The van der Waals surface area contributed by atoms with Gasteiger partial charge in [0.05, 0.1) is 12.2 Å². The number of aromatic nitrogens is 1. The minimum atomic E-state index is 0.162. The SMILES string of the molecule is Cc1cc(CN(C)C(=O)CC[C@H](C)N2CCN(C)CC2)on1. The number of hydrogen-bond acceptors (Lipinski definition) is 5. The van der Waals surface area contributed by atoms with E-state index in [1.165, 1.54) is 0 Å². The number of carbonyl (C=O) groups excluding carboxylic acids is 1. The molecule has 0 aliphatic carbocycles. The highest BCUT2D eigenvalue weighted by Crippen LogP contribution is 2.12. The van der Waals surface area contributed by atoms with Gasteiger partial charge in [-0.05, 0) is 27.3 Å². The number of hydrogen-bond donors (Lipinski definition) is 0. The first-order valence-electron chi connectivity index (χ1n) is 8.04. The molecule has 6 nitrogen and oxygen atoms in total. The van der Waals surface area contributed by atoms with E-state index in [0.29, 0.717) is 19.0 Å². The Balaban J connectivity index is 1.72. The summed E-state index contributed by atoms with van der Waals surface area (Å²) in [6, 6.07) is 2.33. The van der Waals surface area contributed by atoms with Crippen LogP contribution in [0.1, 0.15) is 31.2 Å². The van der Waals surface area contributed by atoms with Crippen LogP contribution in [0.2, 0.25) is 0 Å². The Kier molecular flexibility index (Phi) is 5.97. The fourth-order valence-corrected chi connectivity index (χ4v) is 2.78. The van der Waals surface area contributed by atoms with Gasteiger partial charge in [0.2, 0.25) is 5.91 Å². The molecule has 0 aromatic carbocycles. The number of piperazine rings is 1. The van der Waals surface area contributed by atoms with Gasteiger partial charge in [-0.2, -0.15) is 0 Å². The van der Waals surface area contributed by atoms with Gasteiger partial charge in [0.15, 0.2) is 5.76 Å². The maximum atomic E-state index is 12.2. The number of aryl methyl sites for hydroxylation is 1. The molecule has 1 aliphatic rings. The maximum Gasteiger partial charge on any atom is 0.222 e. The van der Waals surface area contributed by atoms with Crippen molar-refractivity contribution in [3.63, 3.8) is 0 Å². The van der Waals surface area contributed by atoms with E-state index in [1.54, 1.807) is 4.90 Å². The van der Waals surface area contributed by atoms with Crippen molar-refractivity contribution in [3.8, 4) is 0 Å². The molecular formula is C16H28N4O2. The fourth-order valence-electron chi connectivity index (χ4n) is 2.78. The molecule has 0 unspecified atom stereocenters. The van der Waals surface area contributed by atoms with Gasteiger partial charge in [-0.1, -0.05) is 5.16 Å². The molecule has 1 aromatic rings. The van der Waals surface area contributed by atoms with E-state index in [0.717, 1.165) is 44.1 Å². The number of nitrogens with zero attached hydrogens (tertiary/aromatic N) is 4. The standard InChI is InChI=1S/C16H28N4O2/c1-13-11-15(22-17-13)12-19(4)16(21)6-5-14(2)20-9-7-18(3)8-10-20/h11,14H,5-10,12H2,1-4H3/t14-/m0/s1. The van der Waals surface area contributed by atoms with Crippen molar-refractivity contribution in [2.24, 2.45) is 0 Å². The zero-order valence-corrected chi connectivity index (χ0v) is 14.2. The second-order valence-corrected chi connectivity index (χ2v) is 6.41. The Morgan fingerprint density at radius 2 is 2.09 bits per heavy atom. The second kappa shape index (κ2) is 7.74. The van der Waals surface area contributed by atoms with Crippen LogP contribution in [0.25, 0.3) is 0 Å². The minimum absolute atomic E-state index is 0.162. The molecule has 1 aliphatic heterocycles. The molecule has 6 heteroatoms. The number of likely N-dealkylation sites (N-methyl/N-ethyl adjacent to an activating group) is 1. The lowest BCUT2D eigenvalue weighted by molar-refractivity contribution is -0.131. The third-order valence-electron chi connectivity index (χ3n) is 4.43. The normalized spacial score (nSPS) is 18.4. The van der Waals surface area contributed by atoms with Crippen LogP contribution in [-0.4, -0.2) is 72.1 Å². The van der Waals surface area contributed by atoms with Crippen molar-refractivity contribution in [3.05, 3.63) is 17.5 Å². The number of rotatable bonds is 6. The third kappa shape index (κ3) is 4.81. The summed E-state index contributed by atoms with van der Waals surface area (Å²) in [4.78, 5) is 18.8. The molecule has 1 saturated heterocycles. The Labute approximate surface area is 133 Å². The van der Waals surface area contributed by atoms with Crippen LogP contribution in [0.4, 0.5) is 0 Å². The number of carbonyl (C=O) groups is 1. The third-order valence-corrected chi connectivity index (χ3v) is 4.43. The smallest absolute Gasteiger partial charge is 0.222 e. The van der Waals surface area contributed by atoms with Crippen LogP contribution < -0.4 is 0 Å². The van der Waals surface area contributed by atoms with Crippen LogP contribution in [0, 0.1) is 6.92 Å². The summed E-state index contributed by atoms with van der Waals surface area (Å²) in [5.74, 6) is 0.899. The van der Waals surface area contributed by atoms with E-state index in [4.69, 9.17) is 4.52 Å². The van der Waals surface area contributed by atoms with E-state index in [2.05, 4.69) is 28.9 Å². The summed E-state index contributed by atoms with van der Waals surface area (Å²) in [6.45, 7) is 9.01. The Morgan fingerprint density at radius 1 is 1.41 bits per heavy atom. The highest BCUT2D eigenvalue weighted by Gasteiger charge is 2.20. The van der Waals surface area contributed by atoms with Crippen LogP contribution >= 0.6 is 0 Å². The fraction of sp³-hybridized carbons (Fsp3) is 0.750. The van der Waals surface area contributed by atoms with Crippen LogP contribution in [0.5, 0.6) is 0 Å². The molecule has 22 heavy (non-hydrogen) atoms. The van der Waals surface area contributed by atoms with Gasteiger partial charge in [0, 0.05) is 51.8 Å². The van der Waals surface area contributed by atoms with E-state index in [1.807, 2.05) is 20.0 Å². The Bertz CT molecular complexity index is 480. The molecule has 1 atom stereocenters. The van der Waals surface area contributed by atoms with E-state index >= 15 is 0 Å². The molecule has 124 valence electrons. The van der Waals surface area contributed by atoms with Gasteiger partial charge < -0.3 is 14.3 Å². The topological polar surface area (TPSA) is 52.8 Å². The lowest BCUT2D eigenvalue weighted by atomic mass is 10.1. The highest BCUT2D eigenvalue weighted by molar-refractivity contribution is 5.75. The predicted octanol–water partition coefficient (Wildman–Crippen LogP) is 1.36. The molecule has 0 radical (unpaired) electrons. The van der Waals surface area contributed by atoms with Crippen LogP contribution in [0.3, 0.4) is 0 Å². The first-order chi connectivity index (χ1) is 10.5. The zero-order valence-electron chi connectivity index (χ0n) is 14.2. The van der Waals surface area contributed by atoms with E-state index < -0.39 is 0 Å². The second-order valence-electron chi connectivity index (χ2n) is 6.41. The lowest BCUT2D eigenvalue weighted by Gasteiger charge is -2.36. The van der Waals surface area contributed by atoms with Gasteiger partial charge >= 0.3 is 0 Å². The van der Waals surface area contributed by atoms with Gasteiger partial charge in [-0.3, -0.25) is 9.69 Å². The molecule has 1 amide bonds. The van der Waals surface area contributed by atoms with E-state index in [-0.39, 0.29) is 5.91 Å². The van der Waals surface area contributed by atoms with Gasteiger partial charge in [-0.15, -0.1) is 0 Å². The van der Waals surface area contributed by atoms with Gasteiger partial charge in [0.1, 0.15) is 0 Å². The monoisotopic (exact) mass is 308 g/mol. The summed E-state index contributed by atoms with van der Waals surface area (Å²) in [7, 11) is 3.98. The molecular weight excluding hydrogens is 280 g/mol. The van der Waals surface area contributed by atoms with Gasteiger partial charge in [-0.25, -0.2) is 0 Å². The lowest BCUT2D eigenvalue weighted by Crippen LogP contribution is -2.48. The van der Waals surface area contributed by atoms with Crippen molar-refractivity contribution in [2.45, 2.75) is 39.3 Å². The molecule has 2 rings (SSSR count). The maximum absolute atomic E-state index is 12.2. The quantitative estimate of drug-likeness (QED) is 0.794. The first-order valence-corrected chi connectivity index (χ1v) is 8.04. The summed E-state index contributed by atoms with van der Waals surface area (Å²) >= 11 is 0. The van der Waals surface area contributed by atoms with Crippen molar-refractivity contribution in [1.29, 1.82) is 0 Å². The van der Waals surface area contributed by atoms with Crippen molar-refractivity contribution < 1.29 is 9.32 Å². The first kappa shape index (κ1) is 17.0. The zero-order chi connectivity index (χ0) is 16.1. The molecule has 1 aromatic heterocycles. The molecule has 0 spiro atoms. The summed E-state index contributed by atoms with van der Waals surface area (Å²) in [6.07, 6.45) is 1.49. The van der Waals surface area contributed by atoms with Crippen LogP contribution in [-0.2, 0) is 11.3 Å². The molecule has 0 saturated carbocycles. The average molecular weight is 308 g/mol. The molecule has 0 bridgehead atoms. The number of amides is 1. The minimum Gasteiger partial charge on any atom is -0.359 e. The molecule has 2 heterocycles. The predicted molar refractivity (Wildman–Crippen MR) is 85.5 cm³/mol. The van der Waals surface area contributed by atoms with E-state index in [9.17, 15) is 4.79 Å². The Hall–Kier alpha value is -1.40. The van der Waals surface area contributed by atoms with Crippen molar-refractivity contribution >= 4 is 5.91 Å². The van der Waals surface area contributed by atoms with Gasteiger partial charge in [0.25, 0.3) is 0 Å². The Morgan fingerprint density at radius 3 is 2.68 bits per heavy atom. The largest absolute Gasteiger partial charge is 0.359 e. The summed E-state index contributed by atoms with van der Waals surface area (Å²) in [5.41, 5.74) is 0.847. The summed E-state index contributed by atoms with van der Waals surface area (Å²) < 4.78 is 5.16. The molecule has 0 N–H and O–H groups in total. The highest BCUT2D eigenvalue weighted by atomic mass is 16.5.